The molecule has 4 rings (SSSR count). The van der Waals surface area contributed by atoms with Gasteiger partial charge in [-0.1, -0.05) is 53.8 Å². The molecule has 0 bridgehead atoms. The highest BCUT2D eigenvalue weighted by Gasteiger charge is 2.23. The van der Waals surface area contributed by atoms with Gasteiger partial charge in [0, 0.05) is 0 Å². The molecule has 0 saturated carbocycles. The molecule has 0 aliphatic rings. The summed E-state index contributed by atoms with van der Waals surface area (Å²) in [5.74, 6) is 0.714. The summed E-state index contributed by atoms with van der Waals surface area (Å²) in [6.07, 6.45) is 0. The zero-order valence-electron chi connectivity index (χ0n) is 14.8. The van der Waals surface area contributed by atoms with Crippen molar-refractivity contribution in [2.45, 2.75) is 13.5 Å². The van der Waals surface area contributed by atoms with Gasteiger partial charge in [-0.05, 0) is 36.1 Å². The zero-order valence-corrected chi connectivity index (χ0v) is 16.4. The SMILES string of the molecule is CCOc1cccc2sc(N(Cc3ccccc3)C(=O)c3cccs3)nc12. The number of hydrogen-bond acceptors (Lipinski definition) is 5. The van der Waals surface area contributed by atoms with Gasteiger partial charge in [-0.15, -0.1) is 11.3 Å². The predicted molar refractivity (Wildman–Crippen MR) is 112 cm³/mol. The van der Waals surface area contributed by atoms with E-state index in [1.54, 1.807) is 4.90 Å². The van der Waals surface area contributed by atoms with E-state index in [1.165, 1.54) is 22.7 Å². The average molecular weight is 395 g/mol. The van der Waals surface area contributed by atoms with Crippen molar-refractivity contribution in [2.24, 2.45) is 0 Å². The van der Waals surface area contributed by atoms with Gasteiger partial charge in [-0.25, -0.2) is 4.98 Å². The maximum Gasteiger partial charge on any atom is 0.270 e. The molecular weight excluding hydrogens is 376 g/mol. The Morgan fingerprint density at radius 2 is 1.93 bits per heavy atom. The largest absolute Gasteiger partial charge is 0.492 e. The van der Waals surface area contributed by atoms with Gasteiger partial charge < -0.3 is 4.74 Å². The van der Waals surface area contributed by atoms with Gasteiger partial charge >= 0.3 is 0 Å². The number of rotatable bonds is 6. The van der Waals surface area contributed by atoms with E-state index in [0.29, 0.717) is 23.2 Å². The number of carbonyl (C=O) groups is 1. The summed E-state index contributed by atoms with van der Waals surface area (Å²) in [5.41, 5.74) is 1.86. The summed E-state index contributed by atoms with van der Waals surface area (Å²) in [6.45, 7) is 3.00. The lowest BCUT2D eigenvalue weighted by Gasteiger charge is -2.19. The normalized spacial score (nSPS) is 10.9. The van der Waals surface area contributed by atoms with Crippen LogP contribution in [0.4, 0.5) is 5.13 Å². The van der Waals surface area contributed by atoms with Crippen LogP contribution in [-0.2, 0) is 6.54 Å². The highest BCUT2D eigenvalue weighted by molar-refractivity contribution is 7.22. The first-order chi connectivity index (χ1) is 13.3. The maximum absolute atomic E-state index is 13.2. The number of nitrogens with zero attached hydrogens (tertiary/aromatic N) is 2. The lowest BCUT2D eigenvalue weighted by Crippen LogP contribution is -2.29. The van der Waals surface area contributed by atoms with Crippen molar-refractivity contribution >= 4 is 43.9 Å². The lowest BCUT2D eigenvalue weighted by atomic mass is 10.2. The molecule has 4 nitrogen and oxygen atoms in total. The summed E-state index contributed by atoms with van der Waals surface area (Å²) < 4.78 is 6.71. The van der Waals surface area contributed by atoms with E-state index in [-0.39, 0.29) is 5.91 Å². The number of carbonyl (C=O) groups excluding carboxylic acids is 1. The van der Waals surface area contributed by atoms with Gasteiger partial charge in [0.1, 0.15) is 11.3 Å². The van der Waals surface area contributed by atoms with Gasteiger partial charge in [0.25, 0.3) is 5.91 Å². The third-order valence-electron chi connectivity index (χ3n) is 4.06. The Kier molecular flexibility index (Phi) is 5.18. The number of thiophene rings is 1. The molecule has 27 heavy (non-hydrogen) atoms. The summed E-state index contributed by atoms with van der Waals surface area (Å²) in [7, 11) is 0. The Labute approximate surface area is 165 Å². The van der Waals surface area contributed by atoms with E-state index in [0.717, 1.165) is 21.5 Å². The minimum Gasteiger partial charge on any atom is -0.492 e. The molecule has 2 aromatic carbocycles. The van der Waals surface area contributed by atoms with Crippen molar-refractivity contribution in [2.75, 3.05) is 11.5 Å². The third-order valence-corrected chi connectivity index (χ3v) is 5.96. The molecule has 0 atom stereocenters. The Morgan fingerprint density at radius 3 is 2.67 bits per heavy atom. The van der Waals surface area contributed by atoms with Gasteiger partial charge in [-0.3, -0.25) is 9.69 Å². The van der Waals surface area contributed by atoms with Crippen molar-refractivity contribution in [3.63, 3.8) is 0 Å². The number of fused-ring (bicyclic) bond motifs is 1. The van der Waals surface area contributed by atoms with E-state index < -0.39 is 0 Å². The molecule has 0 aliphatic carbocycles. The smallest absolute Gasteiger partial charge is 0.270 e. The standard InChI is InChI=1S/C21H18N2O2S2/c1-2-25-16-10-6-11-17-19(16)22-21(27-17)23(14-15-8-4-3-5-9-15)20(24)18-12-7-13-26-18/h3-13H,2,14H2,1H3. The second-order valence-corrected chi connectivity index (χ2v) is 7.84. The Hall–Kier alpha value is -2.70. The molecule has 0 unspecified atom stereocenters. The molecule has 0 saturated heterocycles. The molecule has 0 radical (unpaired) electrons. The van der Waals surface area contributed by atoms with Crippen LogP contribution in [0.5, 0.6) is 5.75 Å². The van der Waals surface area contributed by atoms with Crippen LogP contribution >= 0.6 is 22.7 Å². The fraction of sp³-hybridized carbons (Fsp3) is 0.143. The fourth-order valence-corrected chi connectivity index (χ4v) is 4.48. The number of ether oxygens (including phenoxy) is 1. The second-order valence-electron chi connectivity index (χ2n) is 5.89. The minimum absolute atomic E-state index is 0.0362. The third kappa shape index (κ3) is 3.72. The van der Waals surface area contributed by atoms with E-state index in [4.69, 9.17) is 9.72 Å². The fourth-order valence-electron chi connectivity index (χ4n) is 2.82. The summed E-state index contributed by atoms with van der Waals surface area (Å²) >= 11 is 2.95. The van der Waals surface area contributed by atoms with Crippen LogP contribution < -0.4 is 9.64 Å². The van der Waals surface area contributed by atoms with Crippen molar-refractivity contribution < 1.29 is 9.53 Å². The number of amides is 1. The maximum atomic E-state index is 13.2. The highest BCUT2D eigenvalue weighted by Crippen LogP contribution is 2.35. The first-order valence-corrected chi connectivity index (χ1v) is 10.4. The summed E-state index contributed by atoms with van der Waals surface area (Å²) in [5, 5.41) is 2.60. The van der Waals surface area contributed by atoms with Crippen molar-refractivity contribution in [1.82, 2.24) is 4.98 Å². The zero-order chi connectivity index (χ0) is 18.6. The molecule has 2 heterocycles. The van der Waals surface area contributed by atoms with Crippen LogP contribution in [0.25, 0.3) is 10.2 Å². The van der Waals surface area contributed by atoms with Gasteiger partial charge in [-0.2, -0.15) is 0 Å². The van der Waals surface area contributed by atoms with E-state index in [2.05, 4.69) is 0 Å². The second kappa shape index (κ2) is 7.90. The number of hydrogen-bond donors (Lipinski definition) is 0. The van der Waals surface area contributed by atoms with Gasteiger partial charge in [0.15, 0.2) is 5.13 Å². The van der Waals surface area contributed by atoms with Crippen molar-refractivity contribution in [3.05, 3.63) is 76.5 Å². The Morgan fingerprint density at radius 1 is 1.07 bits per heavy atom. The van der Waals surface area contributed by atoms with Gasteiger partial charge in [0.2, 0.25) is 0 Å². The Bertz CT molecular complexity index is 1040. The molecule has 0 aliphatic heterocycles. The monoisotopic (exact) mass is 394 g/mol. The number of para-hydroxylation sites is 1. The summed E-state index contributed by atoms with van der Waals surface area (Å²) in [4.78, 5) is 20.4. The predicted octanol–water partition coefficient (Wildman–Crippen LogP) is 5.60. The van der Waals surface area contributed by atoms with Crippen LogP contribution in [0.3, 0.4) is 0 Å². The van der Waals surface area contributed by atoms with Crippen LogP contribution in [0, 0.1) is 0 Å². The molecule has 1 amide bonds. The van der Waals surface area contributed by atoms with Crippen molar-refractivity contribution in [1.29, 1.82) is 0 Å². The van der Waals surface area contributed by atoms with Gasteiger partial charge in [0.05, 0.1) is 22.7 Å². The van der Waals surface area contributed by atoms with Crippen molar-refractivity contribution in [3.8, 4) is 5.75 Å². The van der Waals surface area contributed by atoms with Crippen LogP contribution in [0.1, 0.15) is 22.2 Å². The highest BCUT2D eigenvalue weighted by atomic mass is 32.1. The number of thiazole rings is 1. The Balaban J connectivity index is 1.77. The molecule has 2 aromatic heterocycles. The molecule has 0 N–H and O–H groups in total. The summed E-state index contributed by atoms with van der Waals surface area (Å²) in [6, 6.07) is 19.6. The van der Waals surface area contributed by atoms with E-state index in [1.807, 2.05) is 73.0 Å². The lowest BCUT2D eigenvalue weighted by molar-refractivity contribution is 0.0989. The number of benzene rings is 2. The van der Waals surface area contributed by atoms with Crippen LogP contribution in [0.2, 0.25) is 0 Å². The van der Waals surface area contributed by atoms with Crippen LogP contribution in [0.15, 0.2) is 66.0 Å². The van der Waals surface area contributed by atoms with E-state index >= 15 is 0 Å². The number of aromatic nitrogens is 1. The van der Waals surface area contributed by atoms with Crippen LogP contribution in [-0.4, -0.2) is 17.5 Å². The molecule has 4 aromatic rings. The number of anilines is 1. The molecular formula is C21H18N2O2S2. The topological polar surface area (TPSA) is 42.4 Å². The quantitative estimate of drug-likeness (QED) is 0.427. The average Bonchev–Trinajstić information content (AvgIpc) is 3.37. The molecule has 136 valence electrons. The molecule has 0 spiro atoms. The van der Waals surface area contributed by atoms with E-state index in [9.17, 15) is 4.79 Å². The molecule has 6 heteroatoms. The molecule has 0 fully saturated rings. The first-order valence-electron chi connectivity index (χ1n) is 8.68. The first kappa shape index (κ1) is 17.7. The minimum atomic E-state index is -0.0362.